The van der Waals surface area contributed by atoms with Crippen LogP contribution in [0.25, 0.3) is 0 Å². The molecule has 0 aliphatic carbocycles. The molecule has 0 unspecified atom stereocenters. The number of hydrogen-bond donors (Lipinski definition) is 0. The Bertz CT molecular complexity index is 335. The topological polar surface area (TPSA) is 61.8 Å². The summed E-state index contributed by atoms with van der Waals surface area (Å²) in [4.78, 5) is 22.4. The van der Waals surface area contributed by atoms with Gasteiger partial charge in [0, 0.05) is 12.2 Å². The normalized spacial score (nSPS) is 10.4. The average molecular weight is 282 g/mol. The summed E-state index contributed by atoms with van der Waals surface area (Å²) in [6, 6.07) is 0. The third-order valence-electron chi connectivity index (χ3n) is 2.77. The largest absolute Gasteiger partial charge is 0.462 e. The van der Waals surface area contributed by atoms with Gasteiger partial charge in [-0.3, -0.25) is 0 Å². The highest BCUT2D eigenvalue weighted by Crippen LogP contribution is 2.24. The third-order valence-corrected chi connectivity index (χ3v) is 2.77. The Morgan fingerprint density at radius 1 is 1.00 bits per heavy atom. The van der Waals surface area contributed by atoms with Crippen molar-refractivity contribution < 1.29 is 23.8 Å². The van der Waals surface area contributed by atoms with Crippen molar-refractivity contribution in [3.05, 3.63) is 38.0 Å². The summed E-state index contributed by atoms with van der Waals surface area (Å²) in [5, 5.41) is 0. The number of esters is 2. The molecular formula is C15H22O5. The fraction of sp³-hybridized carbons (Fsp3) is 0.467. The molecule has 0 heterocycles. The second-order valence-electron chi connectivity index (χ2n) is 4.28. The second kappa shape index (κ2) is 9.97. The van der Waals surface area contributed by atoms with Crippen LogP contribution in [0.4, 0.5) is 0 Å². The van der Waals surface area contributed by atoms with Crippen molar-refractivity contribution in [2.24, 2.45) is 5.41 Å². The highest BCUT2D eigenvalue weighted by Gasteiger charge is 2.32. The first kappa shape index (κ1) is 18.1. The fourth-order valence-electron chi connectivity index (χ4n) is 1.36. The van der Waals surface area contributed by atoms with Gasteiger partial charge in [-0.25, -0.2) is 9.59 Å². The molecule has 0 fully saturated rings. The third kappa shape index (κ3) is 6.89. The van der Waals surface area contributed by atoms with Crippen molar-refractivity contribution in [2.45, 2.75) is 13.3 Å². The van der Waals surface area contributed by atoms with E-state index in [-0.39, 0.29) is 19.8 Å². The molecule has 112 valence electrons. The summed E-state index contributed by atoms with van der Waals surface area (Å²) in [6.45, 7) is 12.9. The number of hydrogen-bond acceptors (Lipinski definition) is 5. The van der Waals surface area contributed by atoms with Crippen LogP contribution >= 0.6 is 0 Å². The molecule has 0 spiro atoms. The molecule has 0 saturated heterocycles. The Balaban J connectivity index is 4.70. The molecule has 0 aliphatic rings. The summed E-state index contributed by atoms with van der Waals surface area (Å²) in [5.74, 6) is -1.05. The van der Waals surface area contributed by atoms with Gasteiger partial charge in [-0.15, -0.1) is 6.58 Å². The quantitative estimate of drug-likeness (QED) is 0.251. The fourth-order valence-corrected chi connectivity index (χ4v) is 1.36. The van der Waals surface area contributed by atoms with Gasteiger partial charge in [0.2, 0.25) is 0 Å². The molecule has 5 nitrogen and oxygen atoms in total. The number of carbonyl (C=O) groups excluding carboxylic acids is 2. The Kier molecular flexibility index (Phi) is 9.04. The summed E-state index contributed by atoms with van der Waals surface area (Å²) in [7, 11) is 0. The van der Waals surface area contributed by atoms with Crippen LogP contribution in [0.15, 0.2) is 38.0 Å². The van der Waals surface area contributed by atoms with E-state index in [9.17, 15) is 9.59 Å². The zero-order valence-electron chi connectivity index (χ0n) is 11.9. The first-order chi connectivity index (χ1) is 9.53. The predicted molar refractivity (Wildman–Crippen MR) is 76.1 cm³/mol. The average Bonchev–Trinajstić information content (AvgIpc) is 2.49. The van der Waals surface area contributed by atoms with Crippen LogP contribution in [-0.4, -0.2) is 38.4 Å². The Hall–Kier alpha value is -1.88. The van der Waals surface area contributed by atoms with Gasteiger partial charge < -0.3 is 14.2 Å². The molecule has 0 aliphatic heterocycles. The predicted octanol–water partition coefficient (Wildman–Crippen LogP) is 2.04. The van der Waals surface area contributed by atoms with Crippen LogP contribution < -0.4 is 0 Å². The van der Waals surface area contributed by atoms with Crippen LogP contribution in [0.5, 0.6) is 0 Å². The molecule has 0 aromatic carbocycles. The summed E-state index contributed by atoms with van der Waals surface area (Å²) >= 11 is 0. The van der Waals surface area contributed by atoms with E-state index in [1.54, 1.807) is 6.08 Å². The Morgan fingerprint density at radius 2 is 1.50 bits per heavy atom. The molecule has 0 radical (unpaired) electrons. The molecule has 0 atom stereocenters. The van der Waals surface area contributed by atoms with Gasteiger partial charge in [-0.1, -0.05) is 26.2 Å². The molecule has 0 rings (SSSR count). The Morgan fingerprint density at radius 3 is 1.85 bits per heavy atom. The number of rotatable bonds is 11. The van der Waals surface area contributed by atoms with Crippen molar-refractivity contribution in [3.63, 3.8) is 0 Å². The molecule has 5 heteroatoms. The molecule has 0 aromatic rings. The van der Waals surface area contributed by atoms with Gasteiger partial charge in [0.05, 0.1) is 18.6 Å². The summed E-state index contributed by atoms with van der Waals surface area (Å²) in [6.07, 6.45) is 4.40. The van der Waals surface area contributed by atoms with Crippen molar-refractivity contribution in [1.29, 1.82) is 0 Å². The maximum Gasteiger partial charge on any atom is 0.330 e. The Labute approximate surface area is 119 Å². The zero-order valence-corrected chi connectivity index (χ0v) is 11.9. The van der Waals surface area contributed by atoms with Crippen LogP contribution in [0.3, 0.4) is 0 Å². The van der Waals surface area contributed by atoms with Gasteiger partial charge in [-0.05, 0) is 6.42 Å². The summed E-state index contributed by atoms with van der Waals surface area (Å²) in [5.41, 5.74) is -0.597. The van der Waals surface area contributed by atoms with E-state index in [0.717, 1.165) is 12.2 Å². The molecule has 0 amide bonds. The van der Waals surface area contributed by atoms with Gasteiger partial charge in [0.15, 0.2) is 0 Å². The molecule has 20 heavy (non-hydrogen) atoms. The summed E-state index contributed by atoms with van der Waals surface area (Å²) < 4.78 is 15.5. The van der Waals surface area contributed by atoms with E-state index in [1.807, 2.05) is 6.92 Å². The SMILES string of the molecule is C=CCOCC(CC)(COC(=O)C=C)COC(=O)C=C. The molecule has 0 aromatic heterocycles. The number of ether oxygens (including phenoxy) is 3. The molecule has 0 bridgehead atoms. The minimum atomic E-state index is -0.597. The van der Waals surface area contributed by atoms with E-state index in [2.05, 4.69) is 19.7 Å². The van der Waals surface area contributed by atoms with E-state index in [0.29, 0.717) is 13.0 Å². The van der Waals surface area contributed by atoms with Crippen molar-refractivity contribution in [1.82, 2.24) is 0 Å². The monoisotopic (exact) mass is 282 g/mol. The number of carbonyl (C=O) groups is 2. The van der Waals surface area contributed by atoms with Crippen molar-refractivity contribution >= 4 is 11.9 Å². The highest BCUT2D eigenvalue weighted by molar-refractivity contribution is 5.81. The van der Waals surface area contributed by atoms with Crippen molar-refractivity contribution in [3.8, 4) is 0 Å². The lowest BCUT2D eigenvalue weighted by atomic mass is 9.88. The lowest BCUT2D eigenvalue weighted by Gasteiger charge is -2.30. The van der Waals surface area contributed by atoms with Crippen LogP contribution in [-0.2, 0) is 23.8 Å². The van der Waals surface area contributed by atoms with E-state index in [4.69, 9.17) is 14.2 Å². The van der Waals surface area contributed by atoms with Crippen LogP contribution in [0.1, 0.15) is 13.3 Å². The molecule has 0 saturated carbocycles. The highest BCUT2D eigenvalue weighted by atomic mass is 16.6. The second-order valence-corrected chi connectivity index (χ2v) is 4.28. The lowest BCUT2D eigenvalue weighted by Crippen LogP contribution is -2.38. The standard InChI is InChI=1S/C15H22O5/c1-5-9-18-10-15(8-4,11-19-13(16)6-2)12-20-14(17)7-3/h5-7H,1-3,8-12H2,4H3. The first-order valence-corrected chi connectivity index (χ1v) is 6.30. The van der Waals surface area contributed by atoms with E-state index >= 15 is 0 Å². The lowest BCUT2D eigenvalue weighted by molar-refractivity contribution is -0.151. The van der Waals surface area contributed by atoms with Crippen molar-refractivity contribution in [2.75, 3.05) is 26.4 Å². The first-order valence-electron chi connectivity index (χ1n) is 6.30. The minimum Gasteiger partial charge on any atom is -0.462 e. The smallest absolute Gasteiger partial charge is 0.330 e. The molecule has 0 N–H and O–H groups in total. The van der Waals surface area contributed by atoms with Gasteiger partial charge in [0.1, 0.15) is 13.2 Å². The maximum absolute atomic E-state index is 11.2. The molecular weight excluding hydrogens is 260 g/mol. The van der Waals surface area contributed by atoms with Gasteiger partial charge >= 0.3 is 11.9 Å². The maximum atomic E-state index is 11.2. The van der Waals surface area contributed by atoms with Gasteiger partial charge in [0.25, 0.3) is 0 Å². The van der Waals surface area contributed by atoms with E-state index in [1.165, 1.54) is 0 Å². The van der Waals surface area contributed by atoms with Crippen LogP contribution in [0.2, 0.25) is 0 Å². The van der Waals surface area contributed by atoms with Crippen LogP contribution in [0, 0.1) is 5.41 Å². The minimum absolute atomic E-state index is 0.0793. The zero-order chi connectivity index (χ0) is 15.4. The van der Waals surface area contributed by atoms with E-state index < -0.39 is 17.4 Å². The van der Waals surface area contributed by atoms with Gasteiger partial charge in [-0.2, -0.15) is 0 Å².